The lowest BCUT2D eigenvalue weighted by Gasteiger charge is -2.15. The number of alkyl halides is 1. The van der Waals surface area contributed by atoms with Gasteiger partial charge in [-0.1, -0.05) is 22.0 Å². The summed E-state index contributed by atoms with van der Waals surface area (Å²) >= 11 is 4.95. The average Bonchev–Trinajstić information content (AvgIpc) is 2.50. The first-order valence-electron chi connectivity index (χ1n) is 4.00. The number of halogens is 1. The molecule has 72 valence electrons. The molecular weight excluding hydrogens is 250 g/mol. The normalized spacial score (nSPS) is 11.3. The Hall–Kier alpha value is -0.350. The third-order valence-electron chi connectivity index (χ3n) is 1.54. The summed E-state index contributed by atoms with van der Waals surface area (Å²) in [4.78, 5) is 12.6. The fourth-order valence-electron chi connectivity index (χ4n) is 0.791. The van der Waals surface area contributed by atoms with Gasteiger partial charge in [-0.2, -0.15) is 0 Å². The molecule has 0 fully saturated rings. The fraction of sp³-hybridized carbons (Fsp3) is 0.444. The van der Waals surface area contributed by atoms with E-state index in [0.29, 0.717) is 6.54 Å². The van der Waals surface area contributed by atoms with Crippen molar-refractivity contribution >= 4 is 33.2 Å². The molecule has 0 bridgehead atoms. The molecule has 0 radical (unpaired) electrons. The number of nitrogens with one attached hydrogen (secondary N) is 1. The quantitative estimate of drug-likeness (QED) is 0.833. The van der Waals surface area contributed by atoms with Crippen LogP contribution in [0.2, 0.25) is 0 Å². The van der Waals surface area contributed by atoms with Crippen molar-refractivity contribution in [1.82, 2.24) is 5.32 Å². The van der Waals surface area contributed by atoms with Crippen LogP contribution in [-0.2, 0) is 11.3 Å². The van der Waals surface area contributed by atoms with E-state index < -0.39 is 4.32 Å². The first-order valence-corrected chi connectivity index (χ1v) is 5.67. The Morgan fingerprint density at radius 1 is 1.69 bits per heavy atom. The van der Waals surface area contributed by atoms with Crippen LogP contribution in [-0.4, -0.2) is 10.2 Å². The SMILES string of the molecule is CC(C)(Br)C(=O)NCc1cccs1. The van der Waals surface area contributed by atoms with Gasteiger partial charge in [0.05, 0.1) is 10.9 Å². The van der Waals surface area contributed by atoms with Crippen molar-refractivity contribution in [3.8, 4) is 0 Å². The van der Waals surface area contributed by atoms with Gasteiger partial charge in [0.25, 0.3) is 0 Å². The summed E-state index contributed by atoms with van der Waals surface area (Å²) in [5.41, 5.74) is 0. The molecule has 0 spiro atoms. The lowest BCUT2D eigenvalue weighted by atomic mass is 10.2. The van der Waals surface area contributed by atoms with Gasteiger partial charge in [-0.05, 0) is 25.3 Å². The summed E-state index contributed by atoms with van der Waals surface area (Å²) < 4.78 is -0.482. The fourth-order valence-corrected chi connectivity index (χ4v) is 1.58. The Balaban J connectivity index is 2.40. The molecule has 0 aliphatic heterocycles. The van der Waals surface area contributed by atoms with E-state index >= 15 is 0 Å². The van der Waals surface area contributed by atoms with Crippen LogP contribution < -0.4 is 5.32 Å². The molecular formula is C9H12BrNOS. The predicted molar refractivity (Wildman–Crippen MR) is 59.2 cm³/mol. The molecule has 4 heteroatoms. The molecule has 1 heterocycles. The second-order valence-corrected chi connectivity index (χ2v) is 6.25. The standard InChI is InChI=1S/C9H12BrNOS/c1-9(2,10)8(12)11-6-7-4-3-5-13-7/h3-5H,6H2,1-2H3,(H,11,12). The van der Waals surface area contributed by atoms with Gasteiger partial charge in [-0.15, -0.1) is 11.3 Å². The Morgan fingerprint density at radius 2 is 2.38 bits per heavy atom. The van der Waals surface area contributed by atoms with Gasteiger partial charge in [0, 0.05) is 4.88 Å². The summed E-state index contributed by atoms with van der Waals surface area (Å²) in [5.74, 6) is 0.0147. The zero-order valence-electron chi connectivity index (χ0n) is 7.63. The maximum Gasteiger partial charge on any atom is 0.236 e. The molecule has 1 aromatic rings. The Bertz CT molecular complexity index is 276. The molecule has 0 aliphatic carbocycles. The first kappa shape index (κ1) is 10.7. The molecule has 1 amide bonds. The molecule has 13 heavy (non-hydrogen) atoms. The molecule has 1 rings (SSSR count). The van der Waals surface area contributed by atoms with E-state index in [9.17, 15) is 4.79 Å². The summed E-state index contributed by atoms with van der Waals surface area (Å²) in [6.45, 7) is 4.28. The summed E-state index contributed by atoms with van der Waals surface area (Å²) in [7, 11) is 0. The van der Waals surface area contributed by atoms with E-state index in [4.69, 9.17) is 0 Å². The lowest BCUT2D eigenvalue weighted by Crippen LogP contribution is -2.36. The van der Waals surface area contributed by atoms with Crippen LogP contribution in [0.5, 0.6) is 0 Å². The number of carbonyl (C=O) groups is 1. The van der Waals surface area contributed by atoms with E-state index in [1.54, 1.807) is 11.3 Å². The minimum atomic E-state index is -0.482. The van der Waals surface area contributed by atoms with Crippen molar-refractivity contribution in [2.75, 3.05) is 0 Å². The van der Waals surface area contributed by atoms with Gasteiger partial charge in [0.2, 0.25) is 5.91 Å². The number of hydrogen-bond donors (Lipinski definition) is 1. The second-order valence-electron chi connectivity index (χ2n) is 3.23. The van der Waals surface area contributed by atoms with Gasteiger partial charge in [-0.3, -0.25) is 4.79 Å². The van der Waals surface area contributed by atoms with Crippen molar-refractivity contribution in [2.45, 2.75) is 24.7 Å². The van der Waals surface area contributed by atoms with Crippen LogP contribution in [0, 0.1) is 0 Å². The van der Waals surface area contributed by atoms with Crippen LogP contribution in [0.25, 0.3) is 0 Å². The smallest absolute Gasteiger partial charge is 0.236 e. The molecule has 2 nitrogen and oxygen atoms in total. The Morgan fingerprint density at radius 3 is 2.85 bits per heavy atom. The second kappa shape index (κ2) is 4.24. The van der Waals surface area contributed by atoms with Crippen molar-refractivity contribution in [3.05, 3.63) is 22.4 Å². The largest absolute Gasteiger partial charge is 0.350 e. The van der Waals surface area contributed by atoms with Crippen LogP contribution in [0.15, 0.2) is 17.5 Å². The minimum absolute atomic E-state index is 0.0147. The lowest BCUT2D eigenvalue weighted by molar-refractivity contribution is -0.122. The van der Waals surface area contributed by atoms with Crippen LogP contribution >= 0.6 is 27.3 Å². The topological polar surface area (TPSA) is 29.1 Å². The van der Waals surface area contributed by atoms with E-state index in [1.165, 1.54) is 4.88 Å². The summed E-state index contributed by atoms with van der Waals surface area (Å²) in [5, 5.41) is 4.85. The molecule has 0 saturated carbocycles. The van der Waals surface area contributed by atoms with Crippen molar-refractivity contribution in [1.29, 1.82) is 0 Å². The van der Waals surface area contributed by atoms with E-state index in [0.717, 1.165) is 0 Å². The van der Waals surface area contributed by atoms with E-state index in [1.807, 2.05) is 31.4 Å². The molecule has 0 atom stereocenters. The van der Waals surface area contributed by atoms with Crippen LogP contribution in [0.4, 0.5) is 0 Å². The zero-order valence-corrected chi connectivity index (χ0v) is 10.0. The van der Waals surface area contributed by atoms with Crippen molar-refractivity contribution in [3.63, 3.8) is 0 Å². The Kier molecular flexibility index (Phi) is 3.50. The van der Waals surface area contributed by atoms with Crippen molar-refractivity contribution in [2.24, 2.45) is 0 Å². The Labute approximate surface area is 90.5 Å². The third-order valence-corrected chi connectivity index (χ3v) is 2.78. The van der Waals surface area contributed by atoms with Gasteiger partial charge < -0.3 is 5.32 Å². The summed E-state index contributed by atoms with van der Waals surface area (Å²) in [6, 6.07) is 3.98. The monoisotopic (exact) mass is 261 g/mol. The van der Waals surface area contributed by atoms with Crippen molar-refractivity contribution < 1.29 is 4.79 Å². The molecule has 0 unspecified atom stereocenters. The first-order chi connectivity index (χ1) is 6.00. The molecule has 0 aromatic carbocycles. The van der Waals surface area contributed by atoms with Gasteiger partial charge in [0.1, 0.15) is 0 Å². The maximum absolute atomic E-state index is 11.4. The highest BCUT2D eigenvalue weighted by atomic mass is 79.9. The highest BCUT2D eigenvalue weighted by Crippen LogP contribution is 2.16. The van der Waals surface area contributed by atoms with Gasteiger partial charge in [0.15, 0.2) is 0 Å². The number of carbonyl (C=O) groups excluding carboxylic acids is 1. The number of thiophene rings is 1. The van der Waals surface area contributed by atoms with Crippen LogP contribution in [0.3, 0.4) is 0 Å². The number of hydrogen-bond acceptors (Lipinski definition) is 2. The molecule has 1 aromatic heterocycles. The average molecular weight is 262 g/mol. The predicted octanol–water partition coefficient (Wildman–Crippen LogP) is 2.54. The van der Waals surface area contributed by atoms with Crippen LogP contribution in [0.1, 0.15) is 18.7 Å². The summed E-state index contributed by atoms with van der Waals surface area (Å²) in [6.07, 6.45) is 0. The number of rotatable bonds is 3. The van der Waals surface area contributed by atoms with Gasteiger partial charge in [-0.25, -0.2) is 0 Å². The zero-order chi connectivity index (χ0) is 9.90. The van der Waals surface area contributed by atoms with E-state index in [-0.39, 0.29) is 5.91 Å². The highest BCUT2D eigenvalue weighted by molar-refractivity contribution is 9.10. The molecule has 0 aliphatic rings. The van der Waals surface area contributed by atoms with Gasteiger partial charge >= 0.3 is 0 Å². The molecule has 1 N–H and O–H groups in total. The number of amides is 1. The third kappa shape index (κ3) is 3.48. The highest BCUT2D eigenvalue weighted by Gasteiger charge is 2.22. The maximum atomic E-state index is 11.4. The molecule has 0 saturated heterocycles. The van der Waals surface area contributed by atoms with E-state index in [2.05, 4.69) is 21.2 Å². The minimum Gasteiger partial charge on any atom is -0.350 e.